The topological polar surface area (TPSA) is 46.2 Å². The molecule has 3 heteroatoms. The molecule has 3 N–H and O–H groups in total. The van der Waals surface area contributed by atoms with Gasteiger partial charge < -0.3 is 10.8 Å². The second-order valence-electron chi connectivity index (χ2n) is 5.01. The molecule has 2 aromatic carbocycles. The molecular formula is C15H18ClNO. The third kappa shape index (κ3) is 2.31. The number of hydrogen-bond acceptors (Lipinski definition) is 2. The van der Waals surface area contributed by atoms with Crippen molar-refractivity contribution in [3.8, 4) is 5.75 Å². The number of hydrogen-bond donors (Lipinski definition) is 2. The summed E-state index contributed by atoms with van der Waals surface area (Å²) in [6.45, 7) is 0. The van der Waals surface area contributed by atoms with Gasteiger partial charge in [-0.25, -0.2) is 0 Å². The Bertz CT molecular complexity index is 551. The summed E-state index contributed by atoms with van der Waals surface area (Å²) in [5.74, 6) is 0.970. The van der Waals surface area contributed by atoms with Crippen LogP contribution in [-0.4, -0.2) is 5.11 Å². The molecule has 2 nitrogen and oxygen atoms in total. The van der Waals surface area contributed by atoms with Gasteiger partial charge >= 0.3 is 0 Å². The van der Waals surface area contributed by atoms with Crippen molar-refractivity contribution >= 4 is 23.2 Å². The quantitative estimate of drug-likeness (QED) is 0.866. The summed E-state index contributed by atoms with van der Waals surface area (Å²) in [5.41, 5.74) is 7.49. The van der Waals surface area contributed by atoms with E-state index in [4.69, 9.17) is 5.73 Å². The van der Waals surface area contributed by atoms with E-state index < -0.39 is 0 Å². The normalized spacial score (nSPS) is 16.9. The summed E-state index contributed by atoms with van der Waals surface area (Å²) in [7, 11) is 0. The predicted molar refractivity (Wildman–Crippen MR) is 77.1 cm³/mol. The SMILES string of the molecule is Cl.N[C@@H](c1ccc2cc(O)ccc2c1)C1CCC1. The van der Waals surface area contributed by atoms with Crippen molar-refractivity contribution in [2.24, 2.45) is 11.7 Å². The van der Waals surface area contributed by atoms with Crippen molar-refractivity contribution in [3.05, 3.63) is 42.0 Å². The zero-order valence-corrected chi connectivity index (χ0v) is 11.0. The van der Waals surface area contributed by atoms with E-state index in [0.29, 0.717) is 11.7 Å². The third-order valence-corrected chi connectivity index (χ3v) is 3.89. The summed E-state index contributed by atoms with van der Waals surface area (Å²) in [4.78, 5) is 0. The molecule has 0 heterocycles. The van der Waals surface area contributed by atoms with Crippen molar-refractivity contribution in [1.29, 1.82) is 0 Å². The molecule has 0 aromatic heterocycles. The van der Waals surface area contributed by atoms with Gasteiger partial charge in [-0.15, -0.1) is 12.4 Å². The molecule has 0 bridgehead atoms. The van der Waals surface area contributed by atoms with Crippen molar-refractivity contribution in [1.82, 2.24) is 0 Å². The molecule has 0 aliphatic heterocycles. The van der Waals surface area contributed by atoms with Crippen LogP contribution in [0.5, 0.6) is 5.75 Å². The fourth-order valence-corrected chi connectivity index (χ4v) is 2.53. The molecule has 96 valence electrons. The van der Waals surface area contributed by atoms with Gasteiger partial charge in [0.05, 0.1) is 0 Å². The second kappa shape index (κ2) is 5.17. The average Bonchev–Trinajstić information content (AvgIpc) is 2.26. The van der Waals surface area contributed by atoms with Crippen LogP contribution in [0.2, 0.25) is 0 Å². The lowest BCUT2D eigenvalue weighted by Gasteiger charge is -2.31. The van der Waals surface area contributed by atoms with Gasteiger partial charge in [-0.2, -0.15) is 0 Å². The van der Waals surface area contributed by atoms with E-state index in [2.05, 4.69) is 12.1 Å². The highest BCUT2D eigenvalue weighted by atomic mass is 35.5. The predicted octanol–water partition coefficient (Wildman–Crippen LogP) is 3.77. The van der Waals surface area contributed by atoms with E-state index in [1.165, 1.54) is 24.8 Å². The zero-order valence-electron chi connectivity index (χ0n) is 10.2. The Balaban J connectivity index is 0.00000120. The minimum atomic E-state index is 0. The van der Waals surface area contributed by atoms with Gasteiger partial charge in [0.25, 0.3) is 0 Å². The number of fused-ring (bicyclic) bond motifs is 1. The minimum Gasteiger partial charge on any atom is -0.508 e. The van der Waals surface area contributed by atoms with Gasteiger partial charge in [0.2, 0.25) is 0 Å². The molecule has 0 radical (unpaired) electrons. The standard InChI is InChI=1S/C15H17NO.ClH/c16-15(10-2-1-3-10)13-5-4-12-9-14(17)7-6-11(12)8-13;/h4-10,15,17H,1-3,16H2;1H/t15-;/m1./s1. The first-order chi connectivity index (χ1) is 8.24. The maximum absolute atomic E-state index is 9.42. The Labute approximate surface area is 113 Å². The lowest BCUT2D eigenvalue weighted by Crippen LogP contribution is -2.26. The van der Waals surface area contributed by atoms with Gasteiger partial charge in [0.15, 0.2) is 0 Å². The molecule has 1 atom stereocenters. The third-order valence-electron chi connectivity index (χ3n) is 3.89. The summed E-state index contributed by atoms with van der Waals surface area (Å²) >= 11 is 0. The Morgan fingerprint density at radius 1 is 1.06 bits per heavy atom. The van der Waals surface area contributed by atoms with Crippen LogP contribution in [0.25, 0.3) is 10.8 Å². The summed E-state index contributed by atoms with van der Waals surface area (Å²) < 4.78 is 0. The molecule has 1 aliphatic rings. The Morgan fingerprint density at radius 2 is 1.72 bits per heavy atom. The van der Waals surface area contributed by atoms with Crippen molar-refractivity contribution in [3.63, 3.8) is 0 Å². The molecule has 1 fully saturated rings. The first-order valence-corrected chi connectivity index (χ1v) is 6.22. The number of aromatic hydroxyl groups is 1. The molecule has 0 spiro atoms. The van der Waals surface area contributed by atoms with E-state index >= 15 is 0 Å². The molecule has 2 aromatic rings. The van der Waals surface area contributed by atoms with E-state index in [-0.39, 0.29) is 18.4 Å². The van der Waals surface area contributed by atoms with Crippen LogP contribution < -0.4 is 5.73 Å². The highest BCUT2D eigenvalue weighted by molar-refractivity contribution is 5.85. The van der Waals surface area contributed by atoms with Crippen LogP contribution >= 0.6 is 12.4 Å². The van der Waals surface area contributed by atoms with Gasteiger partial charge in [-0.05, 0) is 53.3 Å². The zero-order chi connectivity index (χ0) is 11.8. The molecule has 0 unspecified atom stereocenters. The summed E-state index contributed by atoms with van der Waals surface area (Å²) in [6.07, 6.45) is 3.84. The van der Waals surface area contributed by atoms with Crippen LogP contribution in [0.1, 0.15) is 30.9 Å². The number of benzene rings is 2. The molecule has 0 amide bonds. The average molecular weight is 264 g/mol. The monoisotopic (exact) mass is 263 g/mol. The second-order valence-corrected chi connectivity index (χ2v) is 5.01. The van der Waals surface area contributed by atoms with Crippen LogP contribution in [0.4, 0.5) is 0 Å². The Morgan fingerprint density at radius 3 is 2.39 bits per heavy atom. The van der Waals surface area contributed by atoms with Gasteiger partial charge in [-0.3, -0.25) is 0 Å². The highest BCUT2D eigenvalue weighted by Gasteiger charge is 2.25. The number of phenolic OH excluding ortho intramolecular Hbond substituents is 1. The molecule has 18 heavy (non-hydrogen) atoms. The summed E-state index contributed by atoms with van der Waals surface area (Å²) in [5, 5.41) is 11.6. The van der Waals surface area contributed by atoms with Crippen LogP contribution in [0.3, 0.4) is 0 Å². The molecule has 3 rings (SSSR count). The molecule has 1 aliphatic carbocycles. The van der Waals surface area contributed by atoms with Crippen molar-refractivity contribution < 1.29 is 5.11 Å². The molecule has 1 saturated carbocycles. The van der Waals surface area contributed by atoms with E-state index in [1.807, 2.05) is 12.1 Å². The molecule has 0 saturated heterocycles. The van der Waals surface area contributed by atoms with E-state index in [0.717, 1.165) is 10.8 Å². The number of nitrogens with two attached hydrogens (primary N) is 1. The van der Waals surface area contributed by atoms with Gasteiger partial charge in [0, 0.05) is 6.04 Å². The first kappa shape index (κ1) is 13.2. The first-order valence-electron chi connectivity index (χ1n) is 6.22. The highest BCUT2D eigenvalue weighted by Crippen LogP contribution is 2.37. The van der Waals surface area contributed by atoms with Gasteiger partial charge in [0.1, 0.15) is 5.75 Å². The lowest BCUT2D eigenvalue weighted by atomic mass is 9.77. The van der Waals surface area contributed by atoms with E-state index in [9.17, 15) is 5.11 Å². The lowest BCUT2D eigenvalue weighted by molar-refractivity contribution is 0.264. The number of phenols is 1. The maximum Gasteiger partial charge on any atom is 0.116 e. The fraction of sp³-hybridized carbons (Fsp3) is 0.333. The number of halogens is 1. The number of rotatable bonds is 2. The van der Waals surface area contributed by atoms with Crippen molar-refractivity contribution in [2.45, 2.75) is 25.3 Å². The largest absolute Gasteiger partial charge is 0.508 e. The Hall–Kier alpha value is -1.25. The van der Waals surface area contributed by atoms with E-state index in [1.54, 1.807) is 12.1 Å². The van der Waals surface area contributed by atoms with Crippen molar-refractivity contribution in [2.75, 3.05) is 0 Å². The minimum absolute atomic E-state index is 0. The summed E-state index contributed by atoms with van der Waals surface area (Å²) in [6, 6.07) is 11.9. The van der Waals surface area contributed by atoms with Crippen LogP contribution in [-0.2, 0) is 0 Å². The Kier molecular flexibility index (Phi) is 3.79. The van der Waals surface area contributed by atoms with Crippen LogP contribution in [0, 0.1) is 5.92 Å². The molecular weight excluding hydrogens is 246 g/mol. The maximum atomic E-state index is 9.42. The smallest absolute Gasteiger partial charge is 0.116 e. The van der Waals surface area contributed by atoms with Crippen LogP contribution in [0.15, 0.2) is 36.4 Å². The fourth-order valence-electron chi connectivity index (χ4n) is 2.53. The van der Waals surface area contributed by atoms with Gasteiger partial charge in [-0.1, -0.05) is 24.6 Å².